The molecule has 1 amide bonds. The van der Waals surface area contributed by atoms with Gasteiger partial charge in [0.1, 0.15) is 11.4 Å². The summed E-state index contributed by atoms with van der Waals surface area (Å²) >= 11 is 19.6. The summed E-state index contributed by atoms with van der Waals surface area (Å²) in [5.41, 5.74) is 6.76. The number of hydrogen-bond acceptors (Lipinski definition) is 5. The van der Waals surface area contributed by atoms with Crippen LogP contribution in [-0.2, 0) is 0 Å². The zero-order chi connectivity index (χ0) is 37.3. The maximum atomic E-state index is 14.9. The molecule has 0 bridgehead atoms. The van der Waals surface area contributed by atoms with Crippen molar-refractivity contribution in [3.8, 4) is 28.3 Å². The number of carbonyl (C=O) groups is 1. The highest BCUT2D eigenvalue weighted by Crippen LogP contribution is 2.43. The second-order valence-electron chi connectivity index (χ2n) is 14.3. The topological polar surface area (TPSA) is 78.4 Å². The Bertz CT molecular complexity index is 2290. The van der Waals surface area contributed by atoms with Gasteiger partial charge < -0.3 is 24.5 Å². The molecule has 1 aliphatic heterocycles. The van der Waals surface area contributed by atoms with Crippen molar-refractivity contribution in [2.75, 3.05) is 43.5 Å². The van der Waals surface area contributed by atoms with Crippen molar-refractivity contribution >= 4 is 63.0 Å². The van der Waals surface area contributed by atoms with Crippen molar-refractivity contribution in [1.29, 1.82) is 0 Å². The van der Waals surface area contributed by atoms with Gasteiger partial charge in [-0.2, -0.15) is 0 Å². The first-order valence-corrected chi connectivity index (χ1v) is 19.8. The molecular formula is C43H43Cl3N6O2. The molecule has 8 nitrogen and oxygen atoms in total. The lowest BCUT2D eigenvalue weighted by molar-refractivity contribution is 0.102. The fourth-order valence-electron chi connectivity index (χ4n) is 8.26. The van der Waals surface area contributed by atoms with Crippen LogP contribution in [0.3, 0.4) is 0 Å². The van der Waals surface area contributed by atoms with Gasteiger partial charge in [-0.1, -0.05) is 96.5 Å². The third-order valence-electron chi connectivity index (χ3n) is 11.1. The fourth-order valence-corrected chi connectivity index (χ4v) is 9.00. The van der Waals surface area contributed by atoms with E-state index in [2.05, 4.69) is 37.7 Å². The molecule has 2 aliphatic rings. The Hall–Kier alpha value is -4.47. The first-order chi connectivity index (χ1) is 26.3. The zero-order valence-electron chi connectivity index (χ0n) is 30.4. The van der Waals surface area contributed by atoms with Crippen molar-refractivity contribution in [1.82, 2.24) is 19.4 Å². The minimum absolute atomic E-state index is 0.264. The monoisotopic (exact) mass is 780 g/mol. The molecule has 2 N–H and O–H groups in total. The van der Waals surface area contributed by atoms with Crippen molar-refractivity contribution in [3.05, 3.63) is 118 Å². The van der Waals surface area contributed by atoms with Crippen LogP contribution in [0.15, 0.2) is 91.3 Å². The Kier molecular flexibility index (Phi) is 10.6. The number of nitrogens with one attached hydrogen (secondary N) is 2. The van der Waals surface area contributed by atoms with Gasteiger partial charge in [0.2, 0.25) is 0 Å². The van der Waals surface area contributed by atoms with Crippen LogP contribution < -0.4 is 15.0 Å². The number of nitrogens with zero attached hydrogens (tertiary/aromatic N) is 4. The van der Waals surface area contributed by atoms with E-state index in [4.69, 9.17) is 44.5 Å². The second kappa shape index (κ2) is 15.7. The number of benzene rings is 4. The van der Waals surface area contributed by atoms with Gasteiger partial charge in [-0.15, -0.1) is 0 Å². The minimum atomic E-state index is -0.295. The summed E-state index contributed by atoms with van der Waals surface area (Å²) in [6.45, 7) is 5.83. The summed E-state index contributed by atoms with van der Waals surface area (Å²) in [4.78, 5) is 28.3. The average Bonchev–Trinajstić information content (AvgIpc) is 3.80. The Balaban J connectivity index is 1.22. The highest BCUT2D eigenvalue weighted by Gasteiger charge is 2.30. The van der Waals surface area contributed by atoms with Gasteiger partial charge in [-0.3, -0.25) is 9.69 Å². The van der Waals surface area contributed by atoms with Crippen LogP contribution in [0.2, 0.25) is 15.1 Å². The number of fused-ring (bicyclic) bond motifs is 1. The number of amides is 1. The van der Waals surface area contributed by atoms with Crippen LogP contribution >= 0.6 is 34.8 Å². The number of anilines is 2. The maximum Gasteiger partial charge on any atom is 0.272 e. The smallest absolute Gasteiger partial charge is 0.272 e. The van der Waals surface area contributed by atoms with E-state index in [1.54, 1.807) is 13.2 Å². The van der Waals surface area contributed by atoms with Crippen molar-refractivity contribution in [2.24, 2.45) is 0 Å². The van der Waals surface area contributed by atoms with E-state index < -0.39 is 0 Å². The number of piperazine rings is 1. The van der Waals surface area contributed by atoms with E-state index in [0.29, 0.717) is 43.8 Å². The summed E-state index contributed by atoms with van der Waals surface area (Å²) in [5.74, 6) is 0.369. The minimum Gasteiger partial charge on any atom is -0.497 e. The molecule has 11 heteroatoms. The fraction of sp³-hybridized carbons (Fsp3) is 0.302. The van der Waals surface area contributed by atoms with Crippen LogP contribution in [0.1, 0.15) is 61.1 Å². The summed E-state index contributed by atoms with van der Waals surface area (Å²) in [6.07, 6.45) is 8.39. The summed E-state index contributed by atoms with van der Waals surface area (Å²) in [5, 5.41) is 5.80. The lowest BCUT2D eigenvalue weighted by Gasteiger charge is -2.42. The Morgan fingerprint density at radius 2 is 1.63 bits per heavy atom. The summed E-state index contributed by atoms with van der Waals surface area (Å²) in [6, 6.07) is 27.5. The van der Waals surface area contributed by atoms with Gasteiger partial charge in [-0.05, 0) is 61.7 Å². The largest absolute Gasteiger partial charge is 0.497 e. The molecule has 1 atom stereocenters. The Morgan fingerprint density at radius 1 is 0.889 bits per heavy atom. The summed E-state index contributed by atoms with van der Waals surface area (Å²) in [7, 11) is 1.64. The van der Waals surface area contributed by atoms with Gasteiger partial charge in [0.25, 0.3) is 5.91 Å². The molecule has 3 heterocycles. The first-order valence-electron chi connectivity index (χ1n) is 18.7. The van der Waals surface area contributed by atoms with E-state index in [0.717, 1.165) is 65.3 Å². The standard InChI is InChI=1S/C43H43Cl3N6O2/c1-27(33-16-13-29(44)23-35(33)46)52-26-47-40(28-9-5-3-6-10-28)42(52)39-34-17-14-30(45)24-36(34)48-41(39)43(53)49-37-25-32(54-2)15-18-38(37)51-21-19-50(20-22-51)31-11-7-4-8-12-31/h3,5-6,9-10,13-18,23-27,31,48H,4,7-8,11-12,19-22H2,1-2H3,(H,49,53)/t27-/m0/s1. The predicted octanol–water partition coefficient (Wildman–Crippen LogP) is 11.0. The van der Waals surface area contributed by atoms with E-state index >= 15 is 0 Å². The molecule has 4 aromatic carbocycles. The molecule has 0 radical (unpaired) electrons. The van der Waals surface area contributed by atoms with E-state index in [1.165, 1.54) is 32.1 Å². The molecule has 6 aromatic rings. The van der Waals surface area contributed by atoms with Crippen molar-refractivity contribution in [2.45, 2.75) is 51.1 Å². The summed E-state index contributed by atoms with van der Waals surface area (Å²) < 4.78 is 7.74. The SMILES string of the molecule is COc1ccc(N2CCN(C3CCCCC3)CC2)c(NC(=O)c2[nH]c3cc(Cl)ccc3c2-c2c(-c3ccccc3)ncn2[C@@H](C)c2ccc(Cl)cc2Cl)c1. The van der Waals surface area contributed by atoms with E-state index in [9.17, 15) is 4.79 Å². The predicted molar refractivity (Wildman–Crippen MR) is 222 cm³/mol. The molecular weight excluding hydrogens is 739 g/mol. The zero-order valence-corrected chi connectivity index (χ0v) is 32.7. The van der Waals surface area contributed by atoms with Gasteiger partial charge in [0.05, 0.1) is 42.2 Å². The number of aromatic amines is 1. The number of ether oxygens (including phenoxy) is 1. The first kappa shape index (κ1) is 36.5. The number of carbonyl (C=O) groups excluding carboxylic acids is 1. The second-order valence-corrected chi connectivity index (χ2v) is 15.6. The van der Waals surface area contributed by atoms with E-state index in [1.807, 2.05) is 79.1 Å². The molecule has 54 heavy (non-hydrogen) atoms. The third kappa shape index (κ3) is 7.20. The van der Waals surface area contributed by atoms with E-state index in [-0.39, 0.29) is 11.9 Å². The molecule has 0 unspecified atom stereocenters. The van der Waals surface area contributed by atoms with Crippen LogP contribution in [0.25, 0.3) is 33.4 Å². The number of halogens is 3. The lowest BCUT2D eigenvalue weighted by Crippen LogP contribution is -2.51. The Morgan fingerprint density at radius 3 is 2.37 bits per heavy atom. The number of rotatable bonds is 9. The van der Waals surface area contributed by atoms with Crippen LogP contribution in [0, 0.1) is 0 Å². The normalized spacial score (nSPS) is 16.1. The van der Waals surface area contributed by atoms with Crippen LogP contribution in [0.4, 0.5) is 11.4 Å². The number of hydrogen-bond donors (Lipinski definition) is 2. The number of aromatic nitrogens is 3. The average molecular weight is 782 g/mol. The molecule has 2 fully saturated rings. The van der Waals surface area contributed by atoms with Gasteiger partial charge in [0.15, 0.2) is 0 Å². The van der Waals surface area contributed by atoms with Crippen LogP contribution in [-0.4, -0.2) is 64.7 Å². The maximum absolute atomic E-state index is 14.9. The molecule has 2 aromatic heterocycles. The van der Waals surface area contributed by atoms with Gasteiger partial charge in [0, 0.05) is 75.4 Å². The molecule has 1 aliphatic carbocycles. The molecule has 0 spiro atoms. The van der Waals surface area contributed by atoms with Gasteiger partial charge in [-0.25, -0.2) is 4.98 Å². The highest BCUT2D eigenvalue weighted by atomic mass is 35.5. The molecule has 278 valence electrons. The quantitative estimate of drug-likeness (QED) is 0.153. The number of H-pyrrole nitrogens is 1. The highest BCUT2D eigenvalue weighted by molar-refractivity contribution is 6.35. The Labute approximate surface area is 331 Å². The molecule has 1 saturated carbocycles. The molecule has 8 rings (SSSR count). The van der Waals surface area contributed by atoms with Crippen LogP contribution in [0.5, 0.6) is 5.75 Å². The molecule has 1 saturated heterocycles. The number of imidazole rings is 1. The lowest BCUT2D eigenvalue weighted by atomic mass is 9.94. The van der Waals surface area contributed by atoms with Crippen molar-refractivity contribution < 1.29 is 9.53 Å². The number of methoxy groups -OCH3 is 1. The van der Waals surface area contributed by atoms with Crippen molar-refractivity contribution in [3.63, 3.8) is 0 Å². The third-order valence-corrected chi connectivity index (χ3v) is 11.9. The van der Waals surface area contributed by atoms with Gasteiger partial charge >= 0.3 is 0 Å².